The predicted octanol–water partition coefficient (Wildman–Crippen LogP) is 1.18. The number of hydrogen-bond donors (Lipinski definition) is 1. The zero-order chi connectivity index (χ0) is 11.1. The number of rotatable bonds is 5. The molecule has 2 fully saturated rings. The smallest absolute Gasteiger partial charge is 0.147 e. The molecular formula is C11H21NO2S. The van der Waals surface area contributed by atoms with E-state index in [1.54, 1.807) is 0 Å². The molecule has 0 aromatic rings. The highest BCUT2D eigenvalue weighted by Crippen LogP contribution is 2.55. The lowest BCUT2D eigenvalue weighted by Crippen LogP contribution is -2.29. The van der Waals surface area contributed by atoms with Gasteiger partial charge >= 0.3 is 0 Å². The van der Waals surface area contributed by atoms with Crippen molar-refractivity contribution in [2.24, 2.45) is 23.5 Å². The zero-order valence-electron chi connectivity index (χ0n) is 9.35. The number of nitrogens with two attached hydrogens (primary N) is 1. The van der Waals surface area contributed by atoms with Gasteiger partial charge in [-0.2, -0.15) is 0 Å². The Morgan fingerprint density at radius 2 is 1.87 bits per heavy atom. The fourth-order valence-electron chi connectivity index (χ4n) is 2.93. The Balaban J connectivity index is 1.66. The summed E-state index contributed by atoms with van der Waals surface area (Å²) in [5.41, 5.74) is 6.10. The van der Waals surface area contributed by atoms with Crippen molar-refractivity contribution < 1.29 is 8.42 Å². The SMILES string of the molecule is CS(=O)(=O)CCCC(N)C1CC2CC2C1. The minimum absolute atomic E-state index is 0.236. The topological polar surface area (TPSA) is 60.2 Å². The van der Waals surface area contributed by atoms with Gasteiger partial charge in [0.25, 0.3) is 0 Å². The average Bonchev–Trinajstić information content (AvgIpc) is 2.71. The molecule has 2 aliphatic rings. The van der Waals surface area contributed by atoms with E-state index in [0.29, 0.717) is 11.7 Å². The van der Waals surface area contributed by atoms with Crippen molar-refractivity contribution in [1.82, 2.24) is 0 Å². The molecule has 0 aromatic heterocycles. The van der Waals surface area contributed by atoms with Crippen molar-refractivity contribution in [1.29, 1.82) is 0 Å². The summed E-state index contributed by atoms with van der Waals surface area (Å²) in [4.78, 5) is 0. The van der Waals surface area contributed by atoms with Crippen molar-refractivity contribution in [3.05, 3.63) is 0 Å². The molecule has 4 heteroatoms. The normalized spacial score (nSPS) is 36.3. The van der Waals surface area contributed by atoms with Crippen molar-refractivity contribution in [2.45, 2.75) is 38.1 Å². The molecule has 2 aliphatic carbocycles. The van der Waals surface area contributed by atoms with E-state index in [4.69, 9.17) is 5.73 Å². The second-order valence-corrected chi connectivity index (χ2v) is 7.68. The molecule has 3 atom stereocenters. The van der Waals surface area contributed by atoms with Crippen LogP contribution in [0.25, 0.3) is 0 Å². The summed E-state index contributed by atoms with van der Waals surface area (Å²) in [7, 11) is -2.80. The first-order valence-corrected chi connectivity index (χ1v) is 7.95. The Hall–Kier alpha value is -0.0900. The quantitative estimate of drug-likeness (QED) is 0.773. The Bertz CT molecular complexity index is 315. The third-order valence-corrected chi connectivity index (χ3v) is 4.97. The molecule has 2 rings (SSSR count). The van der Waals surface area contributed by atoms with Gasteiger partial charge in [0.15, 0.2) is 0 Å². The van der Waals surface area contributed by atoms with Gasteiger partial charge in [-0.05, 0) is 49.9 Å². The van der Waals surface area contributed by atoms with Crippen LogP contribution >= 0.6 is 0 Å². The van der Waals surface area contributed by atoms with Crippen molar-refractivity contribution >= 4 is 9.84 Å². The summed E-state index contributed by atoms with van der Waals surface area (Å²) >= 11 is 0. The summed E-state index contributed by atoms with van der Waals surface area (Å²) in [6, 6.07) is 0.236. The van der Waals surface area contributed by atoms with E-state index in [1.807, 2.05) is 0 Å². The van der Waals surface area contributed by atoms with Gasteiger partial charge in [0.2, 0.25) is 0 Å². The minimum Gasteiger partial charge on any atom is -0.327 e. The fraction of sp³-hybridized carbons (Fsp3) is 1.00. The second kappa shape index (κ2) is 4.06. The van der Waals surface area contributed by atoms with Crippen LogP contribution in [0.1, 0.15) is 32.1 Å². The summed E-state index contributed by atoms with van der Waals surface area (Å²) in [6.45, 7) is 0. The molecule has 88 valence electrons. The third-order valence-electron chi connectivity index (χ3n) is 3.94. The molecule has 0 aromatic carbocycles. The van der Waals surface area contributed by atoms with Gasteiger partial charge in [-0.3, -0.25) is 0 Å². The van der Waals surface area contributed by atoms with E-state index < -0.39 is 9.84 Å². The van der Waals surface area contributed by atoms with Crippen LogP contribution in [0.5, 0.6) is 0 Å². The van der Waals surface area contributed by atoms with Crippen LogP contribution in [-0.2, 0) is 9.84 Å². The van der Waals surface area contributed by atoms with Gasteiger partial charge in [0.1, 0.15) is 9.84 Å². The van der Waals surface area contributed by atoms with Crippen LogP contribution in [0.4, 0.5) is 0 Å². The monoisotopic (exact) mass is 231 g/mol. The largest absolute Gasteiger partial charge is 0.327 e. The number of sulfone groups is 1. The maximum absolute atomic E-state index is 11.0. The highest BCUT2D eigenvalue weighted by molar-refractivity contribution is 7.90. The minimum atomic E-state index is -2.80. The van der Waals surface area contributed by atoms with E-state index in [1.165, 1.54) is 25.5 Å². The van der Waals surface area contributed by atoms with Crippen molar-refractivity contribution in [3.8, 4) is 0 Å². The van der Waals surface area contributed by atoms with Crippen LogP contribution in [0.15, 0.2) is 0 Å². The Morgan fingerprint density at radius 3 is 2.40 bits per heavy atom. The predicted molar refractivity (Wildman–Crippen MR) is 61.2 cm³/mol. The number of hydrogen-bond acceptors (Lipinski definition) is 3. The summed E-state index contributed by atoms with van der Waals surface area (Å²) in [6.07, 6.45) is 6.91. The maximum Gasteiger partial charge on any atom is 0.147 e. The molecule has 0 radical (unpaired) electrons. The lowest BCUT2D eigenvalue weighted by molar-refractivity contribution is 0.375. The van der Waals surface area contributed by atoms with Gasteiger partial charge < -0.3 is 5.73 Å². The first-order valence-electron chi connectivity index (χ1n) is 5.89. The molecule has 0 spiro atoms. The first kappa shape index (κ1) is 11.4. The lowest BCUT2D eigenvalue weighted by Gasteiger charge is -2.20. The molecule has 3 nitrogen and oxygen atoms in total. The molecule has 0 heterocycles. The molecule has 15 heavy (non-hydrogen) atoms. The van der Waals surface area contributed by atoms with Gasteiger partial charge in [0.05, 0.1) is 0 Å². The van der Waals surface area contributed by atoms with Gasteiger partial charge in [0, 0.05) is 18.1 Å². The Labute approximate surface area is 92.3 Å². The molecule has 0 aliphatic heterocycles. The molecule has 2 saturated carbocycles. The highest BCUT2D eigenvalue weighted by atomic mass is 32.2. The molecule has 0 bridgehead atoms. The molecule has 2 N–H and O–H groups in total. The van der Waals surface area contributed by atoms with Crippen LogP contribution in [-0.4, -0.2) is 26.5 Å². The standard InChI is InChI=1S/C11H21NO2S/c1-15(13,14)4-2-3-11(12)10-6-8-5-9(8)7-10/h8-11H,2-7,12H2,1H3. The van der Waals surface area contributed by atoms with E-state index in [-0.39, 0.29) is 6.04 Å². The summed E-state index contributed by atoms with van der Waals surface area (Å²) < 4.78 is 21.9. The maximum atomic E-state index is 11.0. The molecule has 0 saturated heterocycles. The Morgan fingerprint density at radius 1 is 1.27 bits per heavy atom. The third kappa shape index (κ3) is 3.18. The lowest BCUT2D eigenvalue weighted by atomic mass is 9.92. The van der Waals surface area contributed by atoms with Gasteiger partial charge in [-0.15, -0.1) is 0 Å². The molecular weight excluding hydrogens is 210 g/mol. The van der Waals surface area contributed by atoms with Crippen LogP contribution in [0.3, 0.4) is 0 Å². The number of fused-ring (bicyclic) bond motifs is 1. The van der Waals surface area contributed by atoms with Crippen molar-refractivity contribution in [2.75, 3.05) is 12.0 Å². The average molecular weight is 231 g/mol. The first-order chi connectivity index (χ1) is 6.96. The fourth-order valence-corrected chi connectivity index (χ4v) is 3.62. The van der Waals surface area contributed by atoms with E-state index in [2.05, 4.69) is 0 Å². The van der Waals surface area contributed by atoms with Crippen LogP contribution < -0.4 is 5.73 Å². The zero-order valence-corrected chi connectivity index (χ0v) is 10.2. The van der Waals surface area contributed by atoms with E-state index in [0.717, 1.165) is 24.7 Å². The Kier molecular flexibility index (Phi) is 3.08. The molecule has 0 amide bonds. The van der Waals surface area contributed by atoms with Crippen LogP contribution in [0, 0.1) is 17.8 Å². The van der Waals surface area contributed by atoms with Crippen molar-refractivity contribution in [3.63, 3.8) is 0 Å². The summed E-state index contributed by atoms with van der Waals surface area (Å²) in [5, 5.41) is 0. The van der Waals surface area contributed by atoms with Crippen LogP contribution in [0.2, 0.25) is 0 Å². The molecule has 3 unspecified atom stereocenters. The summed E-state index contributed by atoms with van der Waals surface area (Å²) in [5.74, 6) is 2.90. The second-order valence-electron chi connectivity index (χ2n) is 5.42. The van der Waals surface area contributed by atoms with E-state index >= 15 is 0 Å². The van der Waals surface area contributed by atoms with Gasteiger partial charge in [-0.1, -0.05) is 0 Å². The highest BCUT2D eigenvalue weighted by Gasteiger charge is 2.46. The van der Waals surface area contributed by atoms with Gasteiger partial charge in [-0.25, -0.2) is 8.42 Å². The van der Waals surface area contributed by atoms with E-state index in [9.17, 15) is 8.42 Å².